The Hall–Kier alpha value is -2.61. The van der Waals surface area contributed by atoms with Gasteiger partial charge in [-0.1, -0.05) is 12.1 Å². The van der Waals surface area contributed by atoms with Gasteiger partial charge in [0.25, 0.3) is 0 Å². The van der Waals surface area contributed by atoms with Crippen LogP contribution >= 0.6 is 0 Å². The van der Waals surface area contributed by atoms with Crippen molar-refractivity contribution in [1.82, 2.24) is 4.31 Å². The van der Waals surface area contributed by atoms with Gasteiger partial charge < -0.3 is 10.1 Å². The first-order valence-electron chi connectivity index (χ1n) is 8.74. The summed E-state index contributed by atoms with van der Waals surface area (Å²) in [4.78, 5) is 0.154. The molecule has 0 aliphatic carbocycles. The molecular weight excluding hydrogens is 407 g/mol. The number of rotatable bonds is 5. The lowest BCUT2D eigenvalue weighted by atomic mass is 10.1. The molecule has 2 aromatic rings. The molecule has 6 nitrogen and oxygen atoms in total. The molecule has 0 saturated carbocycles. The van der Waals surface area contributed by atoms with Crippen LogP contribution in [0, 0.1) is 11.3 Å². The molecular formula is C19H18F3N3O3S. The number of anilines is 1. The predicted molar refractivity (Wildman–Crippen MR) is 99.5 cm³/mol. The first-order chi connectivity index (χ1) is 13.7. The van der Waals surface area contributed by atoms with E-state index in [9.17, 15) is 21.6 Å². The number of ether oxygens (including phenoxy) is 1. The number of benzene rings is 2. The predicted octanol–water partition coefficient (Wildman–Crippen LogP) is 3.21. The average molecular weight is 425 g/mol. The molecule has 0 bridgehead atoms. The maximum absolute atomic E-state index is 13.0. The third-order valence-corrected chi connectivity index (χ3v) is 6.39. The fourth-order valence-corrected chi connectivity index (χ4v) is 4.31. The zero-order chi connectivity index (χ0) is 21.1. The number of nitriles is 1. The molecule has 1 N–H and O–H groups in total. The number of nitrogens with zero attached hydrogens (tertiary/aromatic N) is 2. The molecule has 1 saturated heterocycles. The number of hydrogen-bond donors (Lipinski definition) is 1. The molecule has 0 aromatic heterocycles. The molecule has 0 amide bonds. The van der Waals surface area contributed by atoms with E-state index >= 15 is 0 Å². The van der Waals surface area contributed by atoms with E-state index in [4.69, 9.17) is 10.00 Å². The summed E-state index contributed by atoms with van der Waals surface area (Å²) in [5.74, 6) is 0. The number of halogens is 3. The lowest BCUT2D eigenvalue weighted by molar-refractivity contribution is -0.137. The smallest absolute Gasteiger partial charge is 0.381 e. The van der Waals surface area contributed by atoms with Crippen molar-refractivity contribution in [2.75, 3.05) is 31.6 Å². The van der Waals surface area contributed by atoms with Crippen molar-refractivity contribution in [2.24, 2.45) is 0 Å². The van der Waals surface area contributed by atoms with Crippen LogP contribution in [-0.4, -0.2) is 39.0 Å². The number of nitrogens with one attached hydrogen (secondary N) is 1. The quantitative estimate of drug-likeness (QED) is 0.796. The lowest BCUT2D eigenvalue weighted by Gasteiger charge is -2.26. The van der Waals surface area contributed by atoms with Gasteiger partial charge in [-0.25, -0.2) is 8.42 Å². The summed E-state index contributed by atoms with van der Waals surface area (Å²) in [5, 5.41) is 11.7. The van der Waals surface area contributed by atoms with Gasteiger partial charge in [0.05, 0.1) is 35.3 Å². The van der Waals surface area contributed by atoms with Crippen LogP contribution in [-0.2, 0) is 27.5 Å². The first kappa shape index (κ1) is 21.1. The number of alkyl halides is 3. The second kappa shape index (κ2) is 8.41. The van der Waals surface area contributed by atoms with Crippen molar-refractivity contribution in [3.05, 3.63) is 59.2 Å². The fraction of sp³-hybridized carbons (Fsp3) is 0.316. The molecule has 1 aliphatic rings. The molecule has 2 aromatic carbocycles. The van der Waals surface area contributed by atoms with E-state index in [-0.39, 0.29) is 17.1 Å². The maximum atomic E-state index is 13.0. The van der Waals surface area contributed by atoms with E-state index in [0.717, 1.165) is 12.1 Å². The summed E-state index contributed by atoms with van der Waals surface area (Å²) >= 11 is 0. The topological polar surface area (TPSA) is 82.4 Å². The Morgan fingerprint density at radius 2 is 1.76 bits per heavy atom. The molecule has 154 valence electrons. The Morgan fingerprint density at radius 1 is 1.10 bits per heavy atom. The van der Waals surface area contributed by atoms with Crippen molar-refractivity contribution in [2.45, 2.75) is 17.6 Å². The zero-order valence-electron chi connectivity index (χ0n) is 15.2. The monoisotopic (exact) mass is 425 g/mol. The molecule has 1 heterocycles. The fourth-order valence-electron chi connectivity index (χ4n) is 2.91. The van der Waals surface area contributed by atoms with E-state index in [1.165, 1.54) is 28.6 Å². The van der Waals surface area contributed by atoms with Crippen LogP contribution in [0.2, 0.25) is 0 Å². The molecule has 1 aliphatic heterocycles. The van der Waals surface area contributed by atoms with Crippen molar-refractivity contribution >= 4 is 15.7 Å². The number of hydrogen-bond acceptors (Lipinski definition) is 5. The number of sulfonamides is 1. The van der Waals surface area contributed by atoms with Gasteiger partial charge in [0.1, 0.15) is 0 Å². The third-order valence-electron chi connectivity index (χ3n) is 4.47. The highest BCUT2D eigenvalue weighted by atomic mass is 32.2. The summed E-state index contributed by atoms with van der Waals surface area (Å²) in [5.41, 5.74) is -0.539. The highest BCUT2D eigenvalue weighted by Gasteiger charge is 2.33. The van der Waals surface area contributed by atoms with E-state index in [1.54, 1.807) is 12.1 Å². The van der Waals surface area contributed by atoms with Crippen LogP contribution in [0.3, 0.4) is 0 Å². The summed E-state index contributed by atoms with van der Waals surface area (Å²) in [6.45, 7) is 1.50. The summed E-state index contributed by atoms with van der Waals surface area (Å²) in [6.07, 6.45) is -4.63. The minimum atomic E-state index is -4.63. The Bertz CT molecular complexity index is 1010. The van der Waals surface area contributed by atoms with Crippen molar-refractivity contribution in [3.8, 4) is 6.07 Å². The van der Waals surface area contributed by atoms with E-state index in [0.29, 0.717) is 31.9 Å². The maximum Gasteiger partial charge on any atom is 0.417 e. The largest absolute Gasteiger partial charge is 0.417 e. The van der Waals surface area contributed by atoms with Crippen LogP contribution < -0.4 is 5.32 Å². The van der Waals surface area contributed by atoms with Gasteiger partial charge in [-0.2, -0.15) is 22.7 Å². The molecule has 10 heteroatoms. The average Bonchev–Trinajstić information content (AvgIpc) is 2.72. The Balaban J connectivity index is 1.70. The molecule has 0 spiro atoms. The Kier molecular flexibility index (Phi) is 6.12. The summed E-state index contributed by atoms with van der Waals surface area (Å²) < 4.78 is 70.8. The van der Waals surface area contributed by atoms with E-state index < -0.39 is 27.3 Å². The molecule has 0 atom stereocenters. The highest BCUT2D eigenvalue weighted by Crippen LogP contribution is 2.33. The highest BCUT2D eigenvalue weighted by molar-refractivity contribution is 7.89. The van der Waals surface area contributed by atoms with E-state index in [1.807, 2.05) is 0 Å². The second-order valence-electron chi connectivity index (χ2n) is 6.38. The van der Waals surface area contributed by atoms with Gasteiger partial charge >= 0.3 is 6.18 Å². The van der Waals surface area contributed by atoms with Crippen molar-refractivity contribution < 1.29 is 26.3 Å². The Labute approximate surface area is 166 Å². The molecule has 3 rings (SSSR count). The van der Waals surface area contributed by atoms with Crippen LogP contribution in [0.15, 0.2) is 47.4 Å². The zero-order valence-corrected chi connectivity index (χ0v) is 16.1. The van der Waals surface area contributed by atoms with Crippen molar-refractivity contribution in [1.29, 1.82) is 5.26 Å². The summed E-state index contributed by atoms with van der Waals surface area (Å²) in [7, 11) is -3.60. The third kappa shape index (κ3) is 4.87. The van der Waals surface area contributed by atoms with Crippen molar-refractivity contribution in [3.63, 3.8) is 0 Å². The van der Waals surface area contributed by atoms with Gasteiger partial charge in [0.2, 0.25) is 10.0 Å². The van der Waals surface area contributed by atoms with Gasteiger partial charge in [0, 0.05) is 25.3 Å². The minimum Gasteiger partial charge on any atom is -0.381 e. The van der Waals surface area contributed by atoms with Gasteiger partial charge in [0.15, 0.2) is 0 Å². The van der Waals surface area contributed by atoms with Crippen LogP contribution in [0.25, 0.3) is 0 Å². The number of morpholine rings is 1. The normalized spacial score (nSPS) is 15.7. The second-order valence-corrected chi connectivity index (χ2v) is 8.32. The molecule has 1 fully saturated rings. The van der Waals surface area contributed by atoms with Gasteiger partial charge in [-0.05, 0) is 35.9 Å². The lowest BCUT2D eigenvalue weighted by Crippen LogP contribution is -2.40. The van der Waals surface area contributed by atoms with Gasteiger partial charge in [-0.15, -0.1) is 0 Å². The summed E-state index contributed by atoms with van der Waals surface area (Å²) in [6, 6.07) is 11.1. The van der Waals surface area contributed by atoms with E-state index in [2.05, 4.69) is 5.32 Å². The van der Waals surface area contributed by atoms with Gasteiger partial charge in [-0.3, -0.25) is 0 Å². The SMILES string of the molecule is N#Cc1ccc(NCc2ccc(S(=O)(=O)N3CCOCC3)cc2)cc1C(F)(F)F. The minimum absolute atomic E-state index is 0.154. The standard InChI is InChI=1S/C19H18F3N3O3S/c20-19(21,22)18-11-16(4-3-15(18)12-23)24-13-14-1-5-17(6-2-14)29(26,27)25-7-9-28-10-8-25/h1-6,11,24H,7-10,13H2. The molecule has 29 heavy (non-hydrogen) atoms. The molecule has 0 radical (unpaired) electrons. The van der Waals surface area contributed by atoms with Crippen LogP contribution in [0.1, 0.15) is 16.7 Å². The first-order valence-corrected chi connectivity index (χ1v) is 10.2. The Morgan fingerprint density at radius 3 is 2.34 bits per heavy atom. The van der Waals surface area contributed by atoms with Crippen LogP contribution in [0.4, 0.5) is 18.9 Å². The van der Waals surface area contributed by atoms with Crippen LogP contribution in [0.5, 0.6) is 0 Å². The molecule has 0 unspecified atom stereocenters.